The molecule has 1 heterocycles. The van der Waals surface area contributed by atoms with Gasteiger partial charge in [-0.15, -0.1) is 0 Å². The monoisotopic (exact) mass is 320 g/mol. The molecule has 0 radical (unpaired) electrons. The number of carbonyl (C=O) groups is 2. The highest BCUT2D eigenvalue weighted by Gasteiger charge is 2.32. The molecule has 2 rings (SSSR count). The van der Waals surface area contributed by atoms with Crippen molar-refractivity contribution in [2.45, 2.75) is 32.2 Å². The molecule has 23 heavy (non-hydrogen) atoms. The number of nitrogens with zero attached hydrogens (tertiary/aromatic N) is 1. The molecule has 0 saturated carbocycles. The minimum atomic E-state index is -0.918. The lowest BCUT2D eigenvalue weighted by atomic mass is 9.90. The third kappa shape index (κ3) is 4.37. The van der Waals surface area contributed by atoms with Gasteiger partial charge < -0.3 is 20.1 Å². The van der Waals surface area contributed by atoms with E-state index in [1.807, 2.05) is 24.3 Å². The van der Waals surface area contributed by atoms with Crippen LogP contribution in [0.15, 0.2) is 24.3 Å². The quantitative estimate of drug-likeness (QED) is 0.874. The van der Waals surface area contributed by atoms with Crippen LogP contribution in [-0.4, -0.2) is 42.2 Å². The van der Waals surface area contributed by atoms with Crippen molar-refractivity contribution in [1.29, 1.82) is 0 Å². The normalized spacial score (nSPS) is 20.9. The minimum absolute atomic E-state index is 0.0489. The standard InChI is InChI=1S/C17H24N2O4/c1-12-7-8-14(13-5-3-4-6-15(13)23-2)19(11-12)17(22)18-10-9-16(20)21/h3-6,12,14H,7-11H2,1-2H3,(H,18,22)(H,20,21). The van der Waals surface area contributed by atoms with E-state index in [4.69, 9.17) is 9.84 Å². The van der Waals surface area contributed by atoms with Gasteiger partial charge in [0.05, 0.1) is 19.6 Å². The minimum Gasteiger partial charge on any atom is -0.496 e. The maximum Gasteiger partial charge on any atom is 0.317 e. The fourth-order valence-corrected chi connectivity index (χ4v) is 3.02. The van der Waals surface area contributed by atoms with E-state index in [2.05, 4.69) is 12.2 Å². The first-order valence-corrected chi connectivity index (χ1v) is 7.92. The SMILES string of the molecule is COc1ccccc1C1CCC(C)CN1C(=O)NCCC(=O)O. The topological polar surface area (TPSA) is 78.9 Å². The molecule has 6 heteroatoms. The van der Waals surface area contributed by atoms with Gasteiger partial charge in [0.15, 0.2) is 0 Å². The molecule has 0 aromatic heterocycles. The number of benzene rings is 1. The van der Waals surface area contributed by atoms with Crippen LogP contribution in [0.5, 0.6) is 5.75 Å². The van der Waals surface area contributed by atoms with Crippen molar-refractivity contribution in [2.75, 3.05) is 20.2 Å². The van der Waals surface area contributed by atoms with Crippen LogP contribution in [0.2, 0.25) is 0 Å². The van der Waals surface area contributed by atoms with Gasteiger partial charge in [-0.05, 0) is 24.8 Å². The summed E-state index contributed by atoms with van der Waals surface area (Å²) >= 11 is 0. The smallest absolute Gasteiger partial charge is 0.317 e. The molecule has 2 amide bonds. The second-order valence-electron chi connectivity index (χ2n) is 5.97. The third-order valence-corrected chi connectivity index (χ3v) is 4.19. The molecular formula is C17H24N2O4. The average molecular weight is 320 g/mol. The number of amides is 2. The van der Waals surface area contributed by atoms with Gasteiger partial charge in [-0.25, -0.2) is 4.79 Å². The molecule has 1 fully saturated rings. The molecule has 2 unspecified atom stereocenters. The molecule has 0 spiro atoms. The number of rotatable bonds is 5. The third-order valence-electron chi connectivity index (χ3n) is 4.19. The molecular weight excluding hydrogens is 296 g/mol. The Hall–Kier alpha value is -2.24. The molecule has 0 aliphatic carbocycles. The van der Waals surface area contributed by atoms with E-state index < -0.39 is 5.97 Å². The van der Waals surface area contributed by atoms with Gasteiger partial charge in [-0.1, -0.05) is 25.1 Å². The van der Waals surface area contributed by atoms with Crippen molar-refractivity contribution < 1.29 is 19.4 Å². The molecule has 1 aliphatic heterocycles. The van der Waals surface area contributed by atoms with Crippen LogP contribution in [0.3, 0.4) is 0 Å². The highest BCUT2D eigenvalue weighted by molar-refractivity contribution is 5.76. The van der Waals surface area contributed by atoms with Gasteiger partial charge in [0.25, 0.3) is 0 Å². The fraction of sp³-hybridized carbons (Fsp3) is 0.529. The number of hydrogen-bond acceptors (Lipinski definition) is 3. The zero-order chi connectivity index (χ0) is 16.8. The molecule has 1 aromatic rings. The zero-order valence-corrected chi connectivity index (χ0v) is 13.6. The van der Waals surface area contributed by atoms with Gasteiger partial charge in [0.2, 0.25) is 0 Å². The van der Waals surface area contributed by atoms with Crippen LogP contribution in [-0.2, 0) is 4.79 Å². The predicted octanol–water partition coefficient (Wildman–Crippen LogP) is 2.65. The summed E-state index contributed by atoms with van der Waals surface area (Å²) < 4.78 is 5.43. The predicted molar refractivity (Wildman–Crippen MR) is 86.5 cm³/mol. The number of carbonyl (C=O) groups excluding carboxylic acids is 1. The van der Waals surface area contributed by atoms with E-state index in [-0.39, 0.29) is 25.0 Å². The lowest BCUT2D eigenvalue weighted by molar-refractivity contribution is -0.136. The number of urea groups is 1. The van der Waals surface area contributed by atoms with Crippen molar-refractivity contribution in [3.05, 3.63) is 29.8 Å². The fourth-order valence-electron chi connectivity index (χ4n) is 3.02. The van der Waals surface area contributed by atoms with Crippen LogP contribution in [0, 0.1) is 5.92 Å². The van der Waals surface area contributed by atoms with Crippen LogP contribution in [0.1, 0.15) is 37.8 Å². The van der Waals surface area contributed by atoms with E-state index in [0.717, 1.165) is 24.2 Å². The van der Waals surface area contributed by atoms with E-state index in [0.29, 0.717) is 12.5 Å². The number of nitrogens with one attached hydrogen (secondary N) is 1. The summed E-state index contributed by atoms with van der Waals surface area (Å²) in [6.07, 6.45) is 1.84. The van der Waals surface area contributed by atoms with Crippen LogP contribution in [0.25, 0.3) is 0 Å². The number of aliphatic carboxylic acids is 1. The maximum atomic E-state index is 12.5. The van der Waals surface area contributed by atoms with Gasteiger partial charge >= 0.3 is 12.0 Å². The molecule has 1 aliphatic rings. The molecule has 6 nitrogen and oxygen atoms in total. The van der Waals surface area contributed by atoms with Crippen molar-refractivity contribution in [2.24, 2.45) is 5.92 Å². The largest absolute Gasteiger partial charge is 0.496 e. The summed E-state index contributed by atoms with van der Waals surface area (Å²) in [6.45, 7) is 2.91. The van der Waals surface area contributed by atoms with E-state index in [1.54, 1.807) is 12.0 Å². The molecule has 1 aromatic carbocycles. The highest BCUT2D eigenvalue weighted by Crippen LogP contribution is 2.37. The molecule has 2 N–H and O–H groups in total. The van der Waals surface area contributed by atoms with Crippen LogP contribution < -0.4 is 10.1 Å². The Balaban J connectivity index is 2.15. The number of piperidine rings is 1. The van der Waals surface area contributed by atoms with E-state index >= 15 is 0 Å². The molecule has 0 bridgehead atoms. The number of para-hydroxylation sites is 1. The van der Waals surface area contributed by atoms with Gasteiger partial charge in [0.1, 0.15) is 5.75 Å². The molecule has 126 valence electrons. The second kappa shape index (κ2) is 7.85. The van der Waals surface area contributed by atoms with Crippen molar-refractivity contribution in [3.63, 3.8) is 0 Å². The lowest BCUT2D eigenvalue weighted by Gasteiger charge is -2.39. The number of hydrogen-bond donors (Lipinski definition) is 2. The summed E-state index contributed by atoms with van der Waals surface area (Å²) in [4.78, 5) is 24.9. The molecule has 1 saturated heterocycles. The van der Waals surface area contributed by atoms with E-state index in [9.17, 15) is 9.59 Å². The Morgan fingerprint density at radius 2 is 2.09 bits per heavy atom. The maximum absolute atomic E-state index is 12.5. The van der Waals surface area contributed by atoms with Crippen LogP contribution >= 0.6 is 0 Å². The second-order valence-corrected chi connectivity index (χ2v) is 5.97. The van der Waals surface area contributed by atoms with Crippen molar-refractivity contribution in [1.82, 2.24) is 10.2 Å². The Morgan fingerprint density at radius 1 is 1.35 bits per heavy atom. The Morgan fingerprint density at radius 3 is 2.78 bits per heavy atom. The van der Waals surface area contributed by atoms with Gasteiger partial charge in [0, 0.05) is 18.7 Å². The lowest BCUT2D eigenvalue weighted by Crippen LogP contribution is -2.47. The van der Waals surface area contributed by atoms with Crippen molar-refractivity contribution >= 4 is 12.0 Å². The van der Waals surface area contributed by atoms with Crippen LogP contribution in [0.4, 0.5) is 4.79 Å². The molecule has 2 atom stereocenters. The number of carboxylic acids is 1. The van der Waals surface area contributed by atoms with Gasteiger partial charge in [-0.2, -0.15) is 0 Å². The zero-order valence-electron chi connectivity index (χ0n) is 13.6. The summed E-state index contributed by atoms with van der Waals surface area (Å²) in [5.41, 5.74) is 0.996. The number of carboxylic acid groups (broad SMARTS) is 1. The summed E-state index contributed by atoms with van der Waals surface area (Å²) in [6, 6.07) is 7.47. The number of methoxy groups -OCH3 is 1. The summed E-state index contributed by atoms with van der Waals surface area (Å²) in [7, 11) is 1.63. The average Bonchev–Trinajstić information content (AvgIpc) is 2.54. The van der Waals surface area contributed by atoms with E-state index in [1.165, 1.54) is 0 Å². The summed E-state index contributed by atoms with van der Waals surface area (Å²) in [5.74, 6) is 0.278. The first-order valence-electron chi connectivity index (χ1n) is 7.92. The van der Waals surface area contributed by atoms with Crippen molar-refractivity contribution in [3.8, 4) is 5.75 Å². The highest BCUT2D eigenvalue weighted by atomic mass is 16.5. The first-order chi connectivity index (χ1) is 11.0. The first kappa shape index (κ1) is 17.1. The number of ether oxygens (including phenoxy) is 1. The number of likely N-dealkylation sites (tertiary alicyclic amines) is 1. The summed E-state index contributed by atoms with van der Waals surface area (Å²) in [5, 5.41) is 11.4. The van der Waals surface area contributed by atoms with Gasteiger partial charge in [-0.3, -0.25) is 4.79 Å². The Kier molecular flexibility index (Phi) is 5.84. The Bertz CT molecular complexity index is 561. The Labute approximate surface area is 136 Å².